The van der Waals surface area contributed by atoms with Crippen molar-refractivity contribution in [3.05, 3.63) is 36.0 Å². The van der Waals surface area contributed by atoms with Crippen molar-refractivity contribution in [3.63, 3.8) is 0 Å². The molecule has 6 heteroatoms. The summed E-state index contributed by atoms with van der Waals surface area (Å²) < 4.78 is 5.23. The monoisotopic (exact) mass is 356 g/mol. The maximum Gasteiger partial charge on any atom is 0.217 e. The molecule has 2 atom stereocenters. The third kappa shape index (κ3) is 4.25. The topological polar surface area (TPSA) is 70.2 Å². The number of hydrogen-bond donors (Lipinski definition) is 2. The molecule has 6 nitrogen and oxygen atoms in total. The molecule has 1 aliphatic rings. The predicted molar refractivity (Wildman–Crippen MR) is 102 cm³/mol. The number of carbonyl (C=O) groups excluding carboxylic acids is 1. The van der Waals surface area contributed by atoms with Crippen LogP contribution in [0.3, 0.4) is 0 Å². The van der Waals surface area contributed by atoms with Crippen LogP contribution in [-0.2, 0) is 11.3 Å². The van der Waals surface area contributed by atoms with Gasteiger partial charge in [-0.3, -0.25) is 14.8 Å². The number of nitrogens with zero attached hydrogens (tertiary/aromatic N) is 2. The highest BCUT2D eigenvalue weighted by Gasteiger charge is 2.32. The Morgan fingerprint density at radius 3 is 2.77 bits per heavy atom. The Bertz CT molecular complexity index is 726. The van der Waals surface area contributed by atoms with Gasteiger partial charge < -0.3 is 10.1 Å². The molecule has 0 aliphatic carbocycles. The number of benzene rings is 1. The maximum absolute atomic E-state index is 11.5. The normalized spacial score (nSPS) is 20.3. The lowest BCUT2D eigenvalue weighted by atomic mass is 9.98. The zero-order chi connectivity index (χ0) is 18.5. The van der Waals surface area contributed by atoms with Crippen LogP contribution in [0, 0.1) is 5.92 Å². The molecule has 1 aromatic heterocycles. The molecule has 1 aromatic carbocycles. The Balaban J connectivity index is 1.71. The van der Waals surface area contributed by atoms with Crippen LogP contribution in [0.5, 0.6) is 5.75 Å². The largest absolute Gasteiger partial charge is 0.497 e. The van der Waals surface area contributed by atoms with E-state index in [1.807, 2.05) is 30.5 Å². The van der Waals surface area contributed by atoms with Crippen molar-refractivity contribution in [2.24, 2.45) is 5.92 Å². The van der Waals surface area contributed by atoms with E-state index in [0.717, 1.165) is 49.5 Å². The number of amides is 1. The number of H-pyrrole nitrogens is 1. The minimum absolute atomic E-state index is 0.0557. The first-order valence-electron chi connectivity index (χ1n) is 9.26. The zero-order valence-electron chi connectivity index (χ0n) is 15.8. The molecular formula is C20H28N4O2. The summed E-state index contributed by atoms with van der Waals surface area (Å²) in [4.78, 5) is 13.9. The summed E-state index contributed by atoms with van der Waals surface area (Å²) in [5.74, 6) is 1.41. The van der Waals surface area contributed by atoms with Gasteiger partial charge >= 0.3 is 0 Å². The van der Waals surface area contributed by atoms with Gasteiger partial charge in [0.25, 0.3) is 0 Å². The first-order chi connectivity index (χ1) is 12.6. The van der Waals surface area contributed by atoms with E-state index in [9.17, 15) is 4.79 Å². The molecule has 2 N–H and O–H groups in total. The minimum Gasteiger partial charge on any atom is -0.497 e. The van der Waals surface area contributed by atoms with Gasteiger partial charge in [0.05, 0.1) is 19.0 Å². The Morgan fingerprint density at radius 2 is 2.12 bits per heavy atom. The van der Waals surface area contributed by atoms with Crippen molar-refractivity contribution >= 4 is 5.91 Å². The molecule has 1 fully saturated rings. The van der Waals surface area contributed by atoms with Crippen molar-refractivity contribution in [1.29, 1.82) is 0 Å². The van der Waals surface area contributed by atoms with E-state index in [1.165, 1.54) is 5.56 Å². The summed E-state index contributed by atoms with van der Waals surface area (Å²) in [7, 11) is 1.67. The lowest BCUT2D eigenvalue weighted by molar-refractivity contribution is -0.119. The number of ether oxygens (including phenoxy) is 1. The van der Waals surface area contributed by atoms with Gasteiger partial charge in [0.15, 0.2) is 0 Å². The van der Waals surface area contributed by atoms with E-state index in [-0.39, 0.29) is 11.9 Å². The second-order valence-corrected chi connectivity index (χ2v) is 7.05. The van der Waals surface area contributed by atoms with E-state index in [2.05, 4.69) is 27.3 Å². The van der Waals surface area contributed by atoms with Crippen LogP contribution in [0.2, 0.25) is 0 Å². The number of likely N-dealkylation sites (tertiary alicyclic amines) is 1. The van der Waals surface area contributed by atoms with Crippen LogP contribution in [0.4, 0.5) is 0 Å². The molecule has 0 spiro atoms. The van der Waals surface area contributed by atoms with E-state index in [1.54, 1.807) is 14.0 Å². The number of aromatic amines is 1. The van der Waals surface area contributed by atoms with Crippen LogP contribution in [0.15, 0.2) is 30.5 Å². The van der Waals surface area contributed by atoms with Crippen molar-refractivity contribution in [3.8, 4) is 17.0 Å². The number of aromatic nitrogens is 2. The number of rotatable bonds is 7. The Morgan fingerprint density at radius 1 is 1.35 bits per heavy atom. The quantitative estimate of drug-likeness (QED) is 0.800. The molecular weight excluding hydrogens is 328 g/mol. The first-order valence-corrected chi connectivity index (χ1v) is 9.26. The van der Waals surface area contributed by atoms with E-state index in [0.29, 0.717) is 5.92 Å². The smallest absolute Gasteiger partial charge is 0.217 e. The van der Waals surface area contributed by atoms with Crippen molar-refractivity contribution in [2.45, 2.75) is 39.3 Å². The van der Waals surface area contributed by atoms with Gasteiger partial charge in [-0.25, -0.2) is 0 Å². The summed E-state index contributed by atoms with van der Waals surface area (Å²) in [6.45, 7) is 6.52. The Kier molecular flexibility index (Phi) is 5.93. The van der Waals surface area contributed by atoms with Crippen LogP contribution < -0.4 is 10.1 Å². The average Bonchev–Trinajstić information content (AvgIpc) is 3.22. The number of hydrogen-bond acceptors (Lipinski definition) is 4. The molecule has 140 valence electrons. The van der Waals surface area contributed by atoms with Crippen LogP contribution in [0.1, 0.15) is 32.3 Å². The van der Waals surface area contributed by atoms with Crippen molar-refractivity contribution in [1.82, 2.24) is 20.4 Å². The van der Waals surface area contributed by atoms with E-state index < -0.39 is 0 Å². The molecule has 1 amide bonds. The summed E-state index contributed by atoms with van der Waals surface area (Å²) in [5.41, 5.74) is 3.32. The SMILES string of the molecule is CCC[C@@H]1CN(Cc2cn[nH]c2-c2ccc(OC)cc2)C[C@H]1NC(C)=O. The Hall–Kier alpha value is -2.34. The minimum atomic E-state index is 0.0557. The van der Waals surface area contributed by atoms with Gasteiger partial charge in [-0.15, -0.1) is 0 Å². The fourth-order valence-electron chi connectivity index (χ4n) is 3.86. The molecule has 2 aromatic rings. The standard InChI is InChI=1S/C20H28N4O2/c1-4-5-16-11-24(13-19(16)22-14(2)25)12-17-10-21-23-20(17)15-6-8-18(26-3)9-7-15/h6-10,16,19H,4-5,11-13H2,1-3H3,(H,21,23)(H,22,25)/t16-,19-/m1/s1. The van der Waals surface area contributed by atoms with Gasteiger partial charge in [0, 0.05) is 43.7 Å². The highest BCUT2D eigenvalue weighted by molar-refractivity contribution is 5.73. The van der Waals surface area contributed by atoms with Gasteiger partial charge in [0.2, 0.25) is 5.91 Å². The third-order valence-corrected chi connectivity index (χ3v) is 5.06. The number of methoxy groups -OCH3 is 1. The third-order valence-electron chi connectivity index (χ3n) is 5.06. The highest BCUT2D eigenvalue weighted by Crippen LogP contribution is 2.28. The Labute approximate surface area is 154 Å². The molecule has 0 saturated carbocycles. The lowest BCUT2D eigenvalue weighted by Gasteiger charge is -2.18. The first kappa shape index (κ1) is 18.5. The molecule has 26 heavy (non-hydrogen) atoms. The average molecular weight is 356 g/mol. The van der Waals surface area contributed by atoms with Gasteiger partial charge in [-0.2, -0.15) is 5.10 Å². The molecule has 0 unspecified atom stereocenters. The van der Waals surface area contributed by atoms with E-state index in [4.69, 9.17) is 4.74 Å². The summed E-state index contributed by atoms with van der Waals surface area (Å²) >= 11 is 0. The van der Waals surface area contributed by atoms with Crippen LogP contribution in [-0.4, -0.2) is 47.2 Å². The number of nitrogens with one attached hydrogen (secondary N) is 2. The number of carbonyl (C=O) groups is 1. The molecule has 2 heterocycles. The lowest BCUT2D eigenvalue weighted by Crippen LogP contribution is -2.39. The fraction of sp³-hybridized carbons (Fsp3) is 0.500. The molecule has 3 rings (SSSR count). The van der Waals surface area contributed by atoms with Gasteiger partial charge in [0.1, 0.15) is 5.75 Å². The van der Waals surface area contributed by atoms with E-state index >= 15 is 0 Å². The molecule has 0 radical (unpaired) electrons. The zero-order valence-corrected chi connectivity index (χ0v) is 15.8. The predicted octanol–water partition coefficient (Wildman–Crippen LogP) is 2.82. The highest BCUT2D eigenvalue weighted by atomic mass is 16.5. The molecule has 1 aliphatic heterocycles. The van der Waals surface area contributed by atoms with Crippen LogP contribution >= 0.6 is 0 Å². The summed E-state index contributed by atoms with van der Waals surface area (Å²) in [5, 5.41) is 10.5. The van der Waals surface area contributed by atoms with Gasteiger partial charge in [-0.1, -0.05) is 13.3 Å². The van der Waals surface area contributed by atoms with Crippen molar-refractivity contribution in [2.75, 3.05) is 20.2 Å². The second kappa shape index (κ2) is 8.36. The van der Waals surface area contributed by atoms with Crippen molar-refractivity contribution < 1.29 is 9.53 Å². The molecule has 0 bridgehead atoms. The summed E-state index contributed by atoms with van der Waals surface area (Å²) in [6, 6.07) is 8.24. The maximum atomic E-state index is 11.5. The molecule has 1 saturated heterocycles. The van der Waals surface area contributed by atoms with Gasteiger partial charge in [-0.05, 0) is 36.6 Å². The van der Waals surface area contributed by atoms with Crippen LogP contribution in [0.25, 0.3) is 11.3 Å². The summed E-state index contributed by atoms with van der Waals surface area (Å²) in [6.07, 6.45) is 4.18. The fourth-order valence-corrected chi connectivity index (χ4v) is 3.86. The second-order valence-electron chi connectivity index (χ2n) is 7.05.